The van der Waals surface area contributed by atoms with Crippen LogP contribution in [0.15, 0.2) is 39.3 Å². The highest BCUT2D eigenvalue weighted by atomic mass is 127. The first kappa shape index (κ1) is 17.0. The number of hydrogen-bond acceptors (Lipinski definition) is 1. The third kappa shape index (κ3) is 3.87. The molecular weight excluding hydrogens is 509 g/mol. The van der Waals surface area contributed by atoms with Crippen LogP contribution in [0.25, 0.3) is 0 Å². The van der Waals surface area contributed by atoms with Crippen LogP contribution in [0.5, 0.6) is 0 Å². The molecule has 0 aliphatic heterocycles. The standard InChI is InChI=1S/C16H14Br2INO/c1-3-10-6-4-5-9(2)15(10)20-16(21)12-7-11(17)8-13(18)14(12)19/h4-8H,3H2,1-2H3,(H,20,21). The highest BCUT2D eigenvalue weighted by Gasteiger charge is 2.16. The average Bonchev–Trinajstić information content (AvgIpc) is 2.44. The van der Waals surface area contributed by atoms with Gasteiger partial charge in [0.1, 0.15) is 0 Å². The smallest absolute Gasteiger partial charge is 0.256 e. The van der Waals surface area contributed by atoms with Crippen molar-refractivity contribution in [2.24, 2.45) is 0 Å². The van der Waals surface area contributed by atoms with Crippen LogP contribution in [-0.4, -0.2) is 5.91 Å². The molecule has 21 heavy (non-hydrogen) atoms. The summed E-state index contributed by atoms with van der Waals surface area (Å²) in [5.41, 5.74) is 3.79. The summed E-state index contributed by atoms with van der Waals surface area (Å²) in [6.07, 6.45) is 0.885. The first-order valence-electron chi connectivity index (χ1n) is 6.48. The second-order valence-electron chi connectivity index (χ2n) is 4.67. The lowest BCUT2D eigenvalue weighted by Gasteiger charge is -2.14. The number of nitrogens with one attached hydrogen (secondary N) is 1. The summed E-state index contributed by atoms with van der Waals surface area (Å²) in [6, 6.07) is 9.85. The van der Waals surface area contributed by atoms with Crippen molar-refractivity contribution in [2.45, 2.75) is 20.3 Å². The lowest BCUT2D eigenvalue weighted by molar-refractivity contribution is 0.102. The van der Waals surface area contributed by atoms with Gasteiger partial charge in [0.2, 0.25) is 0 Å². The van der Waals surface area contributed by atoms with E-state index in [1.54, 1.807) is 0 Å². The Balaban J connectivity index is 2.40. The Morgan fingerprint density at radius 3 is 2.67 bits per heavy atom. The SMILES string of the molecule is CCc1cccc(C)c1NC(=O)c1cc(Br)cc(Br)c1I. The van der Waals surface area contributed by atoms with Crippen LogP contribution in [0.2, 0.25) is 0 Å². The molecule has 0 spiro atoms. The molecule has 0 unspecified atom stereocenters. The number of anilines is 1. The number of benzene rings is 2. The molecule has 1 amide bonds. The van der Waals surface area contributed by atoms with Crippen molar-refractivity contribution in [2.75, 3.05) is 5.32 Å². The molecule has 0 saturated heterocycles. The number of hydrogen-bond donors (Lipinski definition) is 1. The van der Waals surface area contributed by atoms with Gasteiger partial charge in [-0.2, -0.15) is 0 Å². The Morgan fingerprint density at radius 2 is 2.00 bits per heavy atom. The minimum Gasteiger partial charge on any atom is -0.321 e. The number of amides is 1. The van der Waals surface area contributed by atoms with Gasteiger partial charge in [-0.3, -0.25) is 4.79 Å². The third-order valence-electron chi connectivity index (χ3n) is 3.22. The van der Waals surface area contributed by atoms with Gasteiger partial charge in [-0.05, 0) is 75.1 Å². The molecule has 0 radical (unpaired) electrons. The van der Waals surface area contributed by atoms with Crippen molar-refractivity contribution in [1.82, 2.24) is 0 Å². The molecule has 2 rings (SSSR count). The molecule has 2 aromatic carbocycles. The van der Waals surface area contributed by atoms with Gasteiger partial charge in [-0.25, -0.2) is 0 Å². The van der Waals surface area contributed by atoms with Gasteiger partial charge >= 0.3 is 0 Å². The zero-order valence-corrected chi connectivity index (χ0v) is 17.0. The van der Waals surface area contributed by atoms with Gasteiger partial charge in [0.15, 0.2) is 0 Å². The highest BCUT2D eigenvalue weighted by molar-refractivity contribution is 14.1. The van der Waals surface area contributed by atoms with E-state index in [-0.39, 0.29) is 5.91 Å². The van der Waals surface area contributed by atoms with E-state index in [4.69, 9.17) is 0 Å². The fraction of sp³-hybridized carbons (Fsp3) is 0.188. The normalized spacial score (nSPS) is 10.5. The summed E-state index contributed by atoms with van der Waals surface area (Å²) in [6.45, 7) is 4.10. The average molecular weight is 523 g/mol. The van der Waals surface area contributed by atoms with Gasteiger partial charge in [0.25, 0.3) is 5.91 Å². The van der Waals surface area contributed by atoms with Crippen LogP contribution >= 0.6 is 54.5 Å². The number of aryl methyl sites for hydroxylation is 2. The summed E-state index contributed by atoms with van der Waals surface area (Å²) in [7, 11) is 0. The minimum atomic E-state index is -0.0922. The molecule has 5 heteroatoms. The van der Waals surface area contributed by atoms with Crippen LogP contribution in [0.4, 0.5) is 5.69 Å². The van der Waals surface area contributed by atoms with Crippen LogP contribution in [0.1, 0.15) is 28.4 Å². The number of para-hydroxylation sites is 1. The number of rotatable bonds is 3. The molecular formula is C16H14Br2INO. The van der Waals surface area contributed by atoms with Crippen molar-refractivity contribution < 1.29 is 4.79 Å². The van der Waals surface area contributed by atoms with Crippen molar-refractivity contribution in [1.29, 1.82) is 0 Å². The first-order chi connectivity index (χ1) is 9.93. The van der Waals surface area contributed by atoms with Gasteiger partial charge in [-0.1, -0.05) is 41.1 Å². The maximum Gasteiger partial charge on any atom is 0.256 e. The van der Waals surface area contributed by atoms with E-state index in [1.165, 1.54) is 0 Å². The Bertz CT molecular complexity index is 701. The van der Waals surface area contributed by atoms with E-state index in [0.717, 1.165) is 35.8 Å². The molecule has 1 N–H and O–H groups in total. The summed E-state index contributed by atoms with van der Waals surface area (Å²) in [5.74, 6) is -0.0922. The van der Waals surface area contributed by atoms with E-state index < -0.39 is 0 Å². The molecule has 0 heterocycles. The Kier molecular flexibility index (Phi) is 5.85. The second kappa shape index (κ2) is 7.24. The van der Waals surface area contributed by atoms with Gasteiger partial charge in [0.05, 0.1) is 5.56 Å². The molecule has 0 atom stereocenters. The Morgan fingerprint density at radius 1 is 1.29 bits per heavy atom. The third-order valence-corrected chi connectivity index (χ3v) is 6.20. The van der Waals surface area contributed by atoms with E-state index in [0.29, 0.717) is 5.56 Å². The molecule has 0 saturated carbocycles. The van der Waals surface area contributed by atoms with Crippen molar-refractivity contribution in [3.8, 4) is 0 Å². The largest absolute Gasteiger partial charge is 0.321 e. The van der Waals surface area contributed by atoms with Gasteiger partial charge < -0.3 is 5.32 Å². The maximum atomic E-state index is 12.6. The molecule has 2 nitrogen and oxygen atoms in total. The Labute approximate surface area is 155 Å². The monoisotopic (exact) mass is 521 g/mol. The fourth-order valence-electron chi connectivity index (χ4n) is 2.10. The number of carbonyl (C=O) groups is 1. The van der Waals surface area contributed by atoms with Crippen molar-refractivity contribution in [3.05, 3.63) is 59.5 Å². The Hall–Kier alpha value is -0.400. The van der Waals surface area contributed by atoms with Gasteiger partial charge in [-0.15, -0.1) is 0 Å². The van der Waals surface area contributed by atoms with Crippen LogP contribution in [-0.2, 0) is 6.42 Å². The lowest BCUT2D eigenvalue weighted by Crippen LogP contribution is -2.16. The van der Waals surface area contributed by atoms with E-state index >= 15 is 0 Å². The second-order valence-corrected chi connectivity index (χ2v) is 7.51. The van der Waals surface area contributed by atoms with E-state index in [1.807, 2.05) is 37.3 Å². The first-order valence-corrected chi connectivity index (χ1v) is 9.15. The topological polar surface area (TPSA) is 29.1 Å². The zero-order chi connectivity index (χ0) is 15.6. The molecule has 110 valence electrons. The molecule has 2 aromatic rings. The predicted molar refractivity (Wildman–Crippen MR) is 103 cm³/mol. The lowest BCUT2D eigenvalue weighted by atomic mass is 10.1. The van der Waals surface area contributed by atoms with E-state index in [9.17, 15) is 4.79 Å². The molecule has 0 aliphatic carbocycles. The molecule has 0 fully saturated rings. The number of halogens is 3. The number of carbonyl (C=O) groups excluding carboxylic acids is 1. The highest BCUT2D eigenvalue weighted by Crippen LogP contribution is 2.29. The maximum absolute atomic E-state index is 12.6. The summed E-state index contributed by atoms with van der Waals surface area (Å²) < 4.78 is 2.68. The van der Waals surface area contributed by atoms with Crippen LogP contribution in [0, 0.1) is 10.5 Å². The summed E-state index contributed by atoms with van der Waals surface area (Å²) in [4.78, 5) is 12.6. The van der Waals surface area contributed by atoms with Crippen LogP contribution < -0.4 is 5.32 Å². The summed E-state index contributed by atoms with van der Waals surface area (Å²) >= 11 is 9.08. The minimum absolute atomic E-state index is 0.0922. The quantitative estimate of drug-likeness (QED) is 0.392. The molecule has 0 bridgehead atoms. The molecule has 0 aromatic heterocycles. The summed E-state index contributed by atoms with van der Waals surface area (Å²) in [5, 5.41) is 3.06. The predicted octanol–water partition coefficient (Wildman–Crippen LogP) is 5.94. The van der Waals surface area contributed by atoms with Crippen molar-refractivity contribution in [3.63, 3.8) is 0 Å². The van der Waals surface area contributed by atoms with Crippen molar-refractivity contribution >= 4 is 66.0 Å². The van der Waals surface area contributed by atoms with Gasteiger partial charge in [0, 0.05) is 18.2 Å². The zero-order valence-electron chi connectivity index (χ0n) is 11.6. The fourth-order valence-corrected chi connectivity index (χ4v) is 3.89. The molecule has 0 aliphatic rings. The van der Waals surface area contributed by atoms with E-state index in [2.05, 4.69) is 66.7 Å². The van der Waals surface area contributed by atoms with Crippen LogP contribution in [0.3, 0.4) is 0 Å².